The number of benzene rings is 1. The predicted octanol–water partition coefficient (Wildman–Crippen LogP) is 4.73. The number of aromatic nitrogens is 3. The lowest BCUT2D eigenvalue weighted by atomic mass is 9.96. The van der Waals surface area contributed by atoms with Crippen molar-refractivity contribution in [1.82, 2.24) is 14.8 Å². The first kappa shape index (κ1) is 16.2. The van der Waals surface area contributed by atoms with E-state index in [1.165, 1.54) is 32.1 Å². The van der Waals surface area contributed by atoms with E-state index in [1.807, 2.05) is 6.92 Å². The molecule has 2 aromatic heterocycles. The van der Waals surface area contributed by atoms with Crippen LogP contribution in [0.2, 0.25) is 0 Å². The predicted molar refractivity (Wildman–Crippen MR) is 103 cm³/mol. The van der Waals surface area contributed by atoms with Crippen LogP contribution in [0.4, 0.5) is 0 Å². The van der Waals surface area contributed by atoms with Crippen molar-refractivity contribution in [3.8, 4) is 5.00 Å². The van der Waals surface area contributed by atoms with E-state index < -0.39 is 0 Å². The molecular formula is C20H22N4S. The average Bonchev–Trinajstić information content (AvgIpc) is 3.03. The van der Waals surface area contributed by atoms with Gasteiger partial charge in [0.05, 0.1) is 5.71 Å². The van der Waals surface area contributed by atoms with Gasteiger partial charge in [0.15, 0.2) is 5.82 Å². The van der Waals surface area contributed by atoms with Crippen LogP contribution in [-0.4, -0.2) is 20.5 Å². The minimum absolute atomic E-state index is 0.532. The van der Waals surface area contributed by atoms with Gasteiger partial charge < -0.3 is 0 Å². The van der Waals surface area contributed by atoms with Crippen LogP contribution in [0.25, 0.3) is 5.00 Å². The zero-order valence-corrected chi connectivity index (χ0v) is 16.1. The summed E-state index contributed by atoms with van der Waals surface area (Å²) in [7, 11) is 0. The topological polar surface area (TPSA) is 43.1 Å². The van der Waals surface area contributed by atoms with Gasteiger partial charge >= 0.3 is 0 Å². The molecule has 1 aliphatic heterocycles. The third kappa shape index (κ3) is 2.54. The van der Waals surface area contributed by atoms with E-state index in [0.29, 0.717) is 12.5 Å². The van der Waals surface area contributed by atoms with Gasteiger partial charge in [-0.3, -0.25) is 9.56 Å². The first-order chi connectivity index (χ1) is 12.0. The number of hydrogen-bond acceptors (Lipinski definition) is 4. The maximum Gasteiger partial charge on any atom is 0.160 e. The largest absolute Gasteiger partial charge is 0.276 e. The van der Waals surface area contributed by atoms with E-state index in [0.717, 1.165) is 17.4 Å². The van der Waals surface area contributed by atoms with Crippen molar-refractivity contribution in [2.45, 2.75) is 47.1 Å². The van der Waals surface area contributed by atoms with Crippen LogP contribution >= 0.6 is 11.3 Å². The highest BCUT2D eigenvalue weighted by atomic mass is 32.1. The number of aliphatic imine (C=N–C) groups is 1. The molecule has 4 rings (SSSR count). The number of aryl methyl sites for hydroxylation is 2. The Kier molecular flexibility index (Phi) is 3.84. The van der Waals surface area contributed by atoms with E-state index in [1.54, 1.807) is 11.3 Å². The van der Waals surface area contributed by atoms with Gasteiger partial charge in [-0.15, -0.1) is 21.5 Å². The minimum Gasteiger partial charge on any atom is -0.276 e. The van der Waals surface area contributed by atoms with E-state index in [4.69, 9.17) is 4.99 Å². The van der Waals surface area contributed by atoms with E-state index in [2.05, 4.69) is 66.7 Å². The molecule has 5 heteroatoms. The van der Waals surface area contributed by atoms with Gasteiger partial charge in [0.2, 0.25) is 0 Å². The molecule has 0 unspecified atom stereocenters. The third-order valence-corrected chi connectivity index (χ3v) is 6.12. The van der Waals surface area contributed by atoms with Crippen molar-refractivity contribution in [2.24, 2.45) is 4.99 Å². The summed E-state index contributed by atoms with van der Waals surface area (Å²) < 4.78 is 2.17. The zero-order chi connectivity index (χ0) is 17.7. The smallest absolute Gasteiger partial charge is 0.160 e. The van der Waals surface area contributed by atoms with Crippen LogP contribution in [0.5, 0.6) is 0 Å². The summed E-state index contributed by atoms with van der Waals surface area (Å²) in [6.07, 6.45) is 0. The second kappa shape index (κ2) is 5.92. The molecule has 0 spiro atoms. The molecule has 0 bridgehead atoms. The lowest BCUT2D eigenvalue weighted by molar-refractivity contribution is 0.866. The van der Waals surface area contributed by atoms with Gasteiger partial charge in [-0.25, -0.2) is 0 Å². The summed E-state index contributed by atoms with van der Waals surface area (Å²) in [6.45, 7) is 11.4. The van der Waals surface area contributed by atoms with E-state index in [9.17, 15) is 0 Å². The van der Waals surface area contributed by atoms with Crippen molar-refractivity contribution in [2.75, 3.05) is 0 Å². The minimum atomic E-state index is 0.532. The van der Waals surface area contributed by atoms with Crippen molar-refractivity contribution in [1.29, 1.82) is 0 Å². The van der Waals surface area contributed by atoms with Crippen LogP contribution in [0.3, 0.4) is 0 Å². The molecule has 25 heavy (non-hydrogen) atoms. The number of thiophene rings is 1. The van der Waals surface area contributed by atoms with E-state index in [-0.39, 0.29) is 0 Å². The molecule has 0 saturated carbocycles. The number of fused-ring (bicyclic) bond motifs is 3. The molecule has 0 radical (unpaired) electrons. The molecule has 3 aromatic rings. The Morgan fingerprint density at radius 2 is 1.76 bits per heavy atom. The van der Waals surface area contributed by atoms with Gasteiger partial charge in [0.25, 0.3) is 0 Å². The third-order valence-electron chi connectivity index (χ3n) is 4.93. The number of nitrogens with zero attached hydrogens (tertiary/aromatic N) is 4. The van der Waals surface area contributed by atoms with Gasteiger partial charge in [0, 0.05) is 16.0 Å². The molecule has 0 atom stereocenters. The lowest BCUT2D eigenvalue weighted by Crippen LogP contribution is -2.07. The first-order valence-corrected chi connectivity index (χ1v) is 9.45. The molecule has 0 fully saturated rings. The molecule has 0 aliphatic carbocycles. The molecular weight excluding hydrogens is 328 g/mol. The Morgan fingerprint density at radius 3 is 2.44 bits per heavy atom. The van der Waals surface area contributed by atoms with Gasteiger partial charge in [0.1, 0.15) is 17.4 Å². The highest BCUT2D eigenvalue weighted by molar-refractivity contribution is 7.15. The SMILES string of the molecule is Cc1sc2c(c1C)C(c1ccc(C(C)C)cc1)=NCc1nnc(C)n1-2. The van der Waals surface area contributed by atoms with Crippen LogP contribution in [-0.2, 0) is 6.54 Å². The Morgan fingerprint density at radius 1 is 1.04 bits per heavy atom. The Bertz CT molecular complexity index is 974. The van der Waals surface area contributed by atoms with Crippen molar-refractivity contribution >= 4 is 17.0 Å². The molecule has 1 aromatic carbocycles. The second-order valence-corrected chi connectivity index (χ2v) is 8.11. The standard InChI is InChI=1S/C20H22N4S/c1-11(2)15-6-8-16(9-7-15)19-18-12(3)13(4)25-20(18)24-14(5)22-23-17(24)10-21-19/h6-9,11H,10H2,1-5H3. The Balaban J connectivity index is 1.92. The highest BCUT2D eigenvalue weighted by Gasteiger charge is 2.26. The number of rotatable bonds is 2. The van der Waals surface area contributed by atoms with Crippen LogP contribution in [0.15, 0.2) is 29.3 Å². The molecule has 128 valence electrons. The maximum absolute atomic E-state index is 4.94. The molecule has 1 aliphatic rings. The first-order valence-electron chi connectivity index (χ1n) is 8.63. The zero-order valence-electron chi connectivity index (χ0n) is 15.3. The van der Waals surface area contributed by atoms with Crippen LogP contribution < -0.4 is 0 Å². The highest BCUT2D eigenvalue weighted by Crippen LogP contribution is 2.36. The fourth-order valence-electron chi connectivity index (χ4n) is 3.31. The van der Waals surface area contributed by atoms with Crippen molar-refractivity contribution < 1.29 is 0 Å². The fraction of sp³-hybridized carbons (Fsp3) is 0.350. The van der Waals surface area contributed by atoms with Gasteiger partial charge in [-0.2, -0.15) is 0 Å². The maximum atomic E-state index is 4.94. The van der Waals surface area contributed by atoms with Crippen LogP contribution in [0, 0.1) is 20.8 Å². The summed E-state index contributed by atoms with van der Waals surface area (Å²) in [5.41, 5.74) is 6.11. The van der Waals surface area contributed by atoms with Crippen molar-refractivity contribution in [3.05, 3.63) is 63.0 Å². The summed E-state index contributed by atoms with van der Waals surface area (Å²) in [4.78, 5) is 6.26. The Labute approximate surface area is 152 Å². The number of hydrogen-bond donors (Lipinski definition) is 0. The fourth-order valence-corrected chi connectivity index (χ4v) is 4.53. The molecule has 0 saturated heterocycles. The second-order valence-electron chi connectivity index (χ2n) is 6.90. The summed E-state index contributed by atoms with van der Waals surface area (Å²) >= 11 is 1.80. The lowest BCUT2D eigenvalue weighted by Gasteiger charge is -2.11. The van der Waals surface area contributed by atoms with Gasteiger partial charge in [-0.1, -0.05) is 38.1 Å². The normalized spacial score (nSPS) is 13.4. The van der Waals surface area contributed by atoms with E-state index >= 15 is 0 Å². The Hall–Kier alpha value is -2.27. The summed E-state index contributed by atoms with van der Waals surface area (Å²) in [5.74, 6) is 2.36. The summed E-state index contributed by atoms with van der Waals surface area (Å²) in [6, 6.07) is 8.83. The monoisotopic (exact) mass is 350 g/mol. The van der Waals surface area contributed by atoms with Crippen LogP contribution in [0.1, 0.15) is 58.5 Å². The quantitative estimate of drug-likeness (QED) is 0.670. The average molecular weight is 350 g/mol. The van der Waals surface area contributed by atoms with Crippen molar-refractivity contribution in [3.63, 3.8) is 0 Å². The molecule has 0 N–H and O–H groups in total. The molecule has 3 heterocycles. The molecule has 0 amide bonds. The summed E-state index contributed by atoms with van der Waals surface area (Å²) in [5, 5.41) is 9.78. The molecule has 4 nitrogen and oxygen atoms in total. The van der Waals surface area contributed by atoms with Gasteiger partial charge in [-0.05, 0) is 37.8 Å².